The molecule has 1 heterocycles. The third-order valence-corrected chi connectivity index (χ3v) is 3.15. The van der Waals surface area contributed by atoms with Crippen molar-refractivity contribution in [2.24, 2.45) is 0 Å². The predicted octanol–water partition coefficient (Wildman–Crippen LogP) is 2.13. The van der Waals surface area contributed by atoms with Crippen molar-refractivity contribution in [3.8, 4) is 0 Å². The minimum absolute atomic E-state index is 0. The van der Waals surface area contributed by atoms with Gasteiger partial charge < -0.3 is 20.5 Å². The zero-order valence-electron chi connectivity index (χ0n) is 11.6. The van der Waals surface area contributed by atoms with E-state index < -0.39 is 0 Å². The second kappa shape index (κ2) is 8.09. The van der Waals surface area contributed by atoms with Crippen LogP contribution in [0.15, 0.2) is 18.2 Å². The molecule has 0 radical (unpaired) electrons. The van der Waals surface area contributed by atoms with E-state index in [1.165, 1.54) is 0 Å². The Labute approximate surface area is 125 Å². The highest BCUT2D eigenvalue weighted by molar-refractivity contribution is 5.92. The number of carbonyl (C=O) groups is 1. The van der Waals surface area contributed by atoms with Crippen LogP contribution in [0.5, 0.6) is 0 Å². The van der Waals surface area contributed by atoms with Crippen LogP contribution >= 0.6 is 12.4 Å². The number of hydrogen-bond donors (Lipinski definition) is 2. The predicted molar refractivity (Wildman–Crippen MR) is 81.3 cm³/mol. The van der Waals surface area contributed by atoms with Crippen molar-refractivity contribution in [1.29, 1.82) is 0 Å². The smallest absolute Gasteiger partial charge is 0.250 e. The SMILES string of the molecule is Cc1ccc(N)cc1NC(=O)COC1CCOCC1.Cl. The topological polar surface area (TPSA) is 73.6 Å². The minimum Gasteiger partial charge on any atom is -0.399 e. The first-order chi connectivity index (χ1) is 9.15. The van der Waals surface area contributed by atoms with Gasteiger partial charge in [0.05, 0.1) is 6.10 Å². The van der Waals surface area contributed by atoms with E-state index in [0.717, 1.165) is 24.1 Å². The van der Waals surface area contributed by atoms with Crippen molar-refractivity contribution in [3.05, 3.63) is 23.8 Å². The molecule has 1 saturated heterocycles. The van der Waals surface area contributed by atoms with E-state index in [1.807, 2.05) is 19.1 Å². The summed E-state index contributed by atoms with van der Waals surface area (Å²) in [6.45, 7) is 3.41. The Balaban J connectivity index is 0.00000200. The Bertz CT molecular complexity index is 448. The molecule has 112 valence electrons. The summed E-state index contributed by atoms with van der Waals surface area (Å²) in [4.78, 5) is 11.8. The highest BCUT2D eigenvalue weighted by Crippen LogP contribution is 2.18. The summed E-state index contributed by atoms with van der Waals surface area (Å²) >= 11 is 0. The fraction of sp³-hybridized carbons (Fsp3) is 0.500. The van der Waals surface area contributed by atoms with Gasteiger partial charge in [-0.3, -0.25) is 4.79 Å². The molecular weight excluding hydrogens is 280 g/mol. The molecule has 1 amide bonds. The van der Waals surface area contributed by atoms with Gasteiger partial charge in [-0.2, -0.15) is 0 Å². The van der Waals surface area contributed by atoms with Gasteiger partial charge in [0.2, 0.25) is 5.91 Å². The van der Waals surface area contributed by atoms with Crippen molar-refractivity contribution >= 4 is 29.7 Å². The minimum atomic E-state index is -0.153. The quantitative estimate of drug-likeness (QED) is 0.836. The summed E-state index contributed by atoms with van der Waals surface area (Å²) in [6.07, 6.45) is 1.83. The lowest BCUT2D eigenvalue weighted by molar-refractivity contribution is -0.124. The Morgan fingerprint density at radius 2 is 2.15 bits per heavy atom. The first-order valence-electron chi connectivity index (χ1n) is 6.50. The second-order valence-electron chi connectivity index (χ2n) is 4.75. The number of halogens is 1. The number of rotatable bonds is 4. The van der Waals surface area contributed by atoms with Crippen molar-refractivity contribution in [1.82, 2.24) is 0 Å². The molecule has 0 saturated carbocycles. The van der Waals surface area contributed by atoms with Gasteiger partial charge in [0.15, 0.2) is 0 Å². The van der Waals surface area contributed by atoms with Gasteiger partial charge in [0, 0.05) is 24.6 Å². The van der Waals surface area contributed by atoms with Crippen LogP contribution in [0.2, 0.25) is 0 Å². The van der Waals surface area contributed by atoms with Crippen LogP contribution in [0.25, 0.3) is 0 Å². The molecule has 3 N–H and O–H groups in total. The summed E-state index contributed by atoms with van der Waals surface area (Å²) < 4.78 is 10.8. The van der Waals surface area contributed by atoms with E-state index in [1.54, 1.807) is 6.07 Å². The highest BCUT2D eigenvalue weighted by Gasteiger charge is 2.15. The Morgan fingerprint density at radius 1 is 1.45 bits per heavy atom. The summed E-state index contributed by atoms with van der Waals surface area (Å²) in [7, 11) is 0. The molecule has 5 nitrogen and oxygen atoms in total. The molecule has 1 aliphatic heterocycles. The number of nitrogen functional groups attached to an aromatic ring is 1. The van der Waals surface area contributed by atoms with Gasteiger partial charge in [-0.05, 0) is 37.5 Å². The van der Waals surface area contributed by atoms with Crippen LogP contribution < -0.4 is 11.1 Å². The van der Waals surface area contributed by atoms with Crippen LogP contribution in [0.4, 0.5) is 11.4 Å². The third-order valence-electron chi connectivity index (χ3n) is 3.15. The number of anilines is 2. The summed E-state index contributed by atoms with van der Waals surface area (Å²) in [5, 5.41) is 2.82. The number of nitrogens with two attached hydrogens (primary N) is 1. The Hall–Kier alpha value is -1.30. The van der Waals surface area contributed by atoms with E-state index in [9.17, 15) is 4.79 Å². The van der Waals surface area contributed by atoms with Crippen LogP contribution in [-0.2, 0) is 14.3 Å². The van der Waals surface area contributed by atoms with Gasteiger partial charge in [-0.1, -0.05) is 6.07 Å². The number of nitrogens with one attached hydrogen (secondary N) is 1. The average molecular weight is 301 g/mol. The molecule has 2 rings (SSSR count). The number of ether oxygens (including phenoxy) is 2. The molecule has 1 aliphatic rings. The van der Waals surface area contributed by atoms with Crippen LogP contribution in [-0.4, -0.2) is 31.8 Å². The van der Waals surface area contributed by atoms with Crippen LogP contribution in [0, 0.1) is 6.92 Å². The fourth-order valence-electron chi connectivity index (χ4n) is 2.00. The standard InChI is InChI=1S/C14H20N2O3.ClH/c1-10-2-3-11(15)8-13(10)16-14(17)9-19-12-4-6-18-7-5-12;/h2-3,8,12H,4-7,9,15H2,1H3,(H,16,17);1H. The molecule has 6 heteroatoms. The lowest BCUT2D eigenvalue weighted by Crippen LogP contribution is -2.28. The van der Waals surface area contributed by atoms with Crippen molar-refractivity contribution in [2.45, 2.75) is 25.9 Å². The summed E-state index contributed by atoms with van der Waals surface area (Å²) in [6, 6.07) is 5.44. The highest BCUT2D eigenvalue weighted by atomic mass is 35.5. The molecule has 0 atom stereocenters. The fourth-order valence-corrected chi connectivity index (χ4v) is 2.00. The van der Waals surface area contributed by atoms with Gasteiger partial charge >= 0.3 is 0 Å². The molecule has 0 aliphatic carbocycles. The Kier molecular flexibility index (Phi) is 6.78. The molecule has 1 aromatic rings. The largest absolute Gasteiger partial charge is 0.399 e. The van der Waals surface area contributed by atoms with E-state index >= 15 is 0 Å². The maximum absolute atomic E-state index is 11.8. The van der Waals surface area contributed by atoms with Crippen LogP contribution in [0.1, 0.15) is 18.4 Å². The van der Waals surface area contributed by atoms with Gasteiger partial charge in [-0.15, -0.1) is 12.4 Å². The van der Waals surface area contributed by atoms with Gasteiger partial charge in [0.25, 0.3) is 0 Å². The number of benzene rings is 1. The molecule has 0 aromatic heterocycles. The zero-order chi connectivity index (χ0) is 13.7. The number of aryl methyl sites for hydroxylation is 1. The molecule has 20 heavy (non-hydrogen) atoms. The molecule has 0 spiro atoms. The maximum atomic E-state index is 11.8. The third kappa shape index (κ3) is 5.00. The van der Waals surface area contributed by atoms with E-state index in [-0.39, 0.29) is 31.0 Å². The van der Waals surface area contributed by atoms with Crippen molar-refractivity contribution in [3.63, 3.8) is 0 Å². The second-order valence-corrected chi connectivity index (χ2v) is 4.75. The molecule has 1 fully saturated rings. The van der Waals surface area contributed by atoms with Crippen LogP contribution in [0.3, 0.4) is 0 Å². The number of hydrogen-bond acceptors (Lipinski definition) is 4. The monoisotopic (exact) mass is 300 g/mol. The molecule has 1 aromatic carbocycles. The number of carbonyl (C=O) groups excluding carboxylic acids is 1. The first-order valence-corrected chi connectivity index (χ1v) is 6.50. The van der Waals surface area contributed by atoms with E-state index in [0.29, 0.717) is 18.9 Å². The zero-order valence-corrected chi connectivity index (χ0v) is 12.4. The van der Waals surface area contributed by atoms with E-state index in [2.05, 4.69) is 5.32 Å². The summed E-state index contributed by atoms with van der Waals surface area (Å²) in [5.74, 6) is -0.153. The van der Waals surface area contributed by atoms with E-state index in [4.69, 9.17) is 15.2 Å². The van der Waals surface area contributed by atoms with Gasteiger partial charge in [0.1, 0.15) is 6.61 Å². The lowest BCUT2D eigenvalue weighted by Gasteiger charge is -2.22. The maximum Gasteiger partial charge on any atom is 0.250 e. The molecular formula is C14H21ClN2O3. The lowest BCUT2D eigenvalue weighted by atomic mass is 10.1. The van der Waals surface area contributed by atoms with Crippen molar-refractivity contribution in [2.75, 3.05) is 30.9 Å². The Morgan fingerprint density at radius 3 is 2.85 bits per heavy atom. The number of amides is 1. The summed E-state index contributed by atoms with van der Waals surface area (Å²) in [5.41, 5.74) is 8.05. The first kappa shape index (κ1) is 16.8. The molecule has 0 unspecified atom stereocenters. The normalized spacial score (nSPS) is 15.4. The van der Waals surface area contributed by atoms with Crippen molar-refractivity contribution < 1.29 is 14.3 Å². The van der Waals surface area contributed by atoms with Gasteiger partial charge in [-0.25, -0.2) is 0 Å². The average Bonchev–Trinajstić information content (AvgIpc) is 2.42. The molecule has 0 bridgehead atoms.